The van der Waals surface area contributed by atoms with E-state index in [4.69, 9.17) is 0 Å². The van der Waals surface area contributed by atoms with E-state index in [-0.39, 0.29) is 29.6 Å². The molecule has 0 bridgehead atoms. The number of sulfonamides is 1. The molecule has 2 aromatic rings. The zero-order valence-corrected chi connectivity index (χ0v) is 18.0. The molecule has 1 aromatic heterocycles. The number of pyridine rings is 1. The quantitative estimate of drug-likeness (QED) is 0.675. The van der Waals surface area contributed by atoms with E-state index in [0.717, 1.165) is 11.3 Å². The average molecular weight is 431 g/mol. The highest BCUT2D eigenvalue weighted by Gasteiger charge is 2.30. The SMILES string of the molecule is Cc1cc(C)c(C#N)c(SCC(=O)N2CCN(S(=O)(=O)c3ccccc3)CC2)n1. The zero-order chi connectivity index (χ0) is 21.0. The van der Waals surface area contributed by atoms with E-state index in [1.165, 1.54) is 16.1 Å². The predicted molar refractivity (Wildman–Crippen MR) is 111 cm³/mol. The van der Waals surface area contributed by atoms with Crippen molar-refractivity contribution in [2.75, 3.05) is 31.9 Å². The minimum absolute atomic E-state index is 0.0865. The van der Waals surface area contributed by atoms with E-state index in [2.05, 4.69) is 11.1 Å². The highest BCUT2D eigenvalue weighted by atomic mass is 32.2. The van der Waals surface area contributed by atoms with Gasteiger partial charge in [-0.05, 0) is 37.6 Å². The lowest BCUT2D eigenvalue weighted by Gasteiger charge is -2.34. The van der Waals surface area contributed by atoms with Gasteiger partial charge >= 0.3 is 0 Å². The number of carbonyl (C=O) groups is 1. The minimum Gasteiger partial charge on any atom is -0.339 e. The number of carbonyl (C=O) groups excluding carboxylic acids is 1. The summed E-state index contributed by atoms with van der Waals surface area (Å²) in [5, 5.41) is 9.90. The molecule has 1 aliphatic rings. The molecule has 0 spiro atoms. The first kappa shape index (κ1) is 21.3. The summed E-state index contributed by atoms with van der Waals surface area (Å²) >= 11 is 1.25. The Morgan fingerprint density at radius 3 is 2.45 bits per heavy atom. The molecular weight excluding hydrogens is 408 g/mol. The molecule has 0 aliphatic carbocycles. The van der Waals surface area contributed by atoms with E-state index in [1.54, 1.807) is 35.2 Å². The van der Waals surface area contributed by atoms with Crippen molar-refractivity contribution in [2.24, 2.45) is 0 Å². The first-order chi connectivity index (χ1) is 13.8. The molecule has 0 saturated carbocycles. The monoisotopic (exact) mass is 430 g/mol. The highest BCUT2D eigenvalue weighted by molar-refractivity contribution is 8.00. The van der Waals surface area contributed by atoms with Gasteiger partial charge in [-0.25, -0.2) is 13.4 Å². The molecule has 152 valence electrons. The number of aryl methyl sites for hydroxylation is 2. The third-order valence-corrected chi connectivity index (χ3v) is 7.60. The number of aromatic nitrogens is 1. The topological polar surface area (TPSA) is 94.4 Å². The summed E-state index contributed by atoms with van der Waals surface area (Å²) in [6, 6.07) is 12.3. The average Bonchev–Trinajstić information content (AvgIpc) is 2.72. The van der Waals surface area contributed by atoms with Crippen molar-refractivity contribution in [1.29, 1.82) is 5.26 Å². The zero-order valence-electron chi connectivity index (χ0n) is 16.3. The third-order valence-electron chi connectivity index (χ3n) is 4.73. The standard InChI is InChI=1S/C20H22N4O3S2/c1-15-12-16(2)22-20(18(15)13-21)28-14-19(25)23-8-10-24(11-9-23)29(26,27)17-6-4-3-5-7-17/h3-7,12H,8-11,14H2,1-2H3. The van der Waals surface area contributed by atoms with Crippen LogP contribution in [0.1, 0.15) is 16.8 Å². The Balaban J connectivity index is 1.59. The van der Waals surface area contributed by atoms with Crippen LogP contribution in [0.5, 0.6) is 0 Å². The molecule has 2 heterocycles. The normalized spacial score (nSPS) is 15.1. The van der Waals surface area contributed by atoms with Gasteiger partial charge in [0.05, 0.1) is 16.2 Å². The Kier molecular flexibility index (Phi) is 6.57. The summed E-state index contributed by atoms with van der Waals surface area (Å²) in [6.07, 6.45) is 0. The van der Waals surface area contributed by atoms with Crippen molar-refractivity contribution in [3.05, 3.63) is 53.2 Å². The maximum Gasteiger partial charge on any atom is 0.243 e. The Hall–Kier alpha value is -2.41. The van der Waals surface area contributed by atoms with Gasteiger partial charge in [0.15, 0.2) is 0 Å². The second-order valence-electron chi connectivity index (χ2n) is 6.76. The van der Waals surface area contributed by atoms with E-state index < -0.39 is 10.0 Å². The molecule has 3 rings (SSSR count). The van der Waals surface area contributed by atoms with Crippen LogP contribution in [-0.2, 0) is 14.8 Å². The summed E-state index contributed by atoms with van der Waals surface area (Å²) < 4.78 is 26.8. The van der Waals surface area contributed by atoms with Gasteiger partial charge in [0.2, 0.25) is 15.9 Å². The van der Waals surface area contributed by atoms with Gasteiger partial charge < -0.3 is 4.90 Å². The van der Waals surface area contributed by atoms with Crippen molar-refractivity contribution in [3.63, 3.8) is 0 Å². The van der Waals surface area contributed by atoms with Crippen LogP contribution < -0.4 is 0 Å². The van der Waals surface area contributed by atoms with Crippen LogP contribution in [0.4, 0.5) is 0 Å². The summed E-state index contributed by atoms with van der Waals surface area (Å²) in [5.41, 5.74) is 2.14. The maximum absolute atomic E-state index is 12.7. The second kappa shape index (κ2) is 8.95. The molecule has 7 nitrogen and oxygen atoms in total. The van der Waals surface area contributed by atoms with Gasteiger partial charge in [-0.1, -0.05) is 30.0 Å². The first-order valence-electron chi connectivity index (χ1n) is 9.17. The van der Waals surface area contributed by atoms with Crippen LogP contribution in [0, 0.1) is 25.2 Å². The Bertz CT molecular complexity index is 1040. The molecule has 0 N–H and O–H groups in total. The Labute approximate surface area is 175 Å². The smallest absolute Gasteiger partial charge is 0.243 e. The van der Waals surface area contributed by atoms with E-state index in [0.29, 0.717) is 23.7 Å². The van der Waals surface area contributed by atoms with Crippen LogP contribution >= 0.6 is 11.8 Å². The molecule has 1 aromatic carbocycles. The largest absolute Gasteiger partial charge is 0.339 e. The van der Waals surface area contributed by atoms with Gasteiger partial charge in [-0.3, -0.25) is 4.79 Å². The number of rotatable bonds is 5. The molecule has 1 saturated heterocycles. The van der Waals surface area contributed by atoms with Crippen LogP contribution in [0.15, 0.2) is 46.3 Å². The highest BCUT2D eigenvalue weighted by Crippen LogP contribution is 2.24. The van der Waals surface area contributed by atoms with Crippen molar-refractivity contribution in [1.82, 2.24) is 14.2 Å². The number of nitrogens with zero attached hydrogens (tertiary/aromatic N) is 4. The first-order valence-corrected chi connectivity index (χ1v) is 11.6. The summed E-state index contributed by atoms with van der Waals surface area (Å²) in [7, 11) is -3.54. The molecular formula is C20H22N4O3S2. The number of benzene rings is 1. The van der Waals surface area contributed by atoms with Crippen LogP contribution in [0.3, 0.4) is 0 Å². The van der Waals surface area contributed by atoms with E-state index in [1.807, 2.05) is 19.9 Å². The van der Waals surface area contributed by atoms with Crippen molar-refractivity contribution in [2.45, 2.75) is 23.8 Å². The fraction of sp³-hybridized carbons (Fsp3) is 0.350. The van der Waals surface area contributed by atoms with Gasteiger partial charge in [0.25, 0.3) is 0 Å². The minimum atomic E-state index is -3.54. The van der Waals surface area contributed by atoms with Crippen LogP contribution in [0.25, 0.3) is 0 Å². The van der Waals surface area contributed by atoms with Crippen molar-refractivity contribution < 1.29 is 13.2 Å². The molecule has 1 amide bonds. The number of hydrogen-bond acceptors (Lipinski definition) is 6. The van der Waals surface area contributed by atoms with E-state index >= 15 is 0 Å². The fourth-order valence-corrected chi connectivity index (χ4v) is 5.63. The number of amides is 1. The lowest BCUT2D eigenvalue weighted by Crippen LogP contribution is -2.50. The Morgan fingerprint density at radius 1 is 1.17 bits per heavy atom. The summed E-state index contributed by atoms with van der Waals surface area (Å²) in [4.78, 5) is 18.9. The maximum atomic E-state index is 12.7. The van der Waals surface area contributed by atoms with Crippen molar-refractivity contribution in [3.8, 4) is 6.07 Å². The predicted octanol–water partition coefficient (Wildman–Crippen LogP) is 2.20. The van der Waals surface area contributed by atoms with Gasteiger partial charge in [-0.2, -0.15) is 9.57 Å². The molecule has 9 heteroatoms. The number of nitriles is 1. The van der Waals surface area contributed by atoms with Gasteiger partial charge in [0.1, 0.15) is 11.1 Å². The molecule has 29 heavy (non-hydrogen) atoms. The molecule has 0 radical (unpaired) electrons. The molecule has 0 unspecified atom stereocenters. The number of piperazine rings is 1. The number of hydrogen-bond donors (Lipinski definition) is 0. The lowest BCUT2D eigenvalue weighted by atomic mass is 10.1. The van der Waals surface area contributed by atoms with Gasteiger partial charge in [0, 0.05) is 31.9 Å². The second-order valence-corrected chi connectivity index (χ2v) is 9.66. The van der Waals surface area contributed by atoms with E-state index in [9.17, 15) is 18.5 Å². The number of thioether (sulfide) groups is 1. The molecule has 1 fully saturated rings. The van der Waals surface area contributed by atoms with Crippen LogP contribution in [-0.4, -0.2) is 60.4 Å². The molecule has 0 atom stereocenters. The van der Waals surface area contributed by atoms with Gasteiger partial charge in [-0.15, -0.1) is 0 Å². The summed E-state index contributed by atoms with van der Waals surface area (Å²) in [6.45, 7) is 4.92. The van der Waals surface area contributed by atoms with Crippen molar-refractivity contribution >= 4 is 27.7 Å². The molecule has 1 aliphatic heterocycles. The van der Waals surface area contributed by atoms with Crippen LogP contribution in [0.2, 0.25) is 0 Å². The Morgan fingerprint density at radius 2 is 1.83 bits per heavy atom. The lowest BCUT2D eigenvalue weighted by molar-refractivity contribution is -0.129. The third kappa shape index (κ3) is 4.78. The summed E-state index contributed by atoms with van der Waals surface area (Å²) in [5.74, 6) is 0.0762. The fourth-order valence-electron chi connectivity index (χ4n) is 3.18.